The van der Waals surface area contributed by atoms with Gasteiger partial charge in [-0.2, -0.15) is 0 Å². The third-order valence-electron chi connectivity index (χ3n) is 6.56. The fraction of sp³-hybridized carbons (Fsp3) is 0.750. The van der Waals surface area contributed by atoms with Crippen LogP contribution < -0.4 is 0 Å². The number of hydrogen-bond acceptors (Lipinski definition) is 0. The van der Waals surface area contributed by atoms with Gasteiger partial charge in [0.15, 0.2) is 0 Å². The first kappa shape index (κ1) is 18.0. The second kappa shape index (κ2) is 6.19. The topological polar surface area (TPSA) is 0 Å². The van der Waals surface area contributed by atoms with Gasteiger partial charge in [0.1, 0.15) is 0 Å². The molecule has 0 aliphatic heterocycles. The Balaban J connectivity index is 2.06. The monoisotopic (exact) mass is 326 g/mol. The van der Waals surface area contributed by atoms with Crippen LogP contribution in [0, 0.1) is 5.41 Å². The van der Waals surface area contributed by atoms with E-state index in [9.17, 15) is 0 Å². The lowest BCUT2D eigenvalue weighted by molar-refractivity contribution is 0.222. The minimum absolute atomic E-state index is 0.258. The van der Waals surface area contributed by atoms with Crippen molar-refractivity contribution in [3.8, 4) is 0 Å². The molecule has 1 aromatic carbocycles. The lowest BCUT2D eigenvalue weighted by Gasteiger charge is -2.31. The quantitative estimate of drug-likeness (QED) is 0.476. The van der Waals surface area contributed by atoms with E-state index in [1.54, 1.807) is 22.3 Å². The largest absolute Gasteiger partial charge is 0.0579 e. The Hall–Kier alpha value is -0.780. The molecule has 0 heterocycles. The summed E-state index contributed by atoms with van der Waals surface area (Å²) in [5.74, 6) is 0. The molecule has 0 saturated heterocycles. The van der Waals surface area contributed by atoms with E-state index in [1.807, 2.05) is 0 Å². The summed E-state index contributed by atoms with van der Waals surface area (Å²) >= 11 is 0. The number of rotatable bonds is 0. The minimum atomic E-state index is 0.258. The maximum Gasteiger partial charge on any atom is -0.0129 e. The second-order valence-electron chi connectivity index (χ2n) is 10.7. The second-order valence-corrected chi connectivity index (χ2v) is 10.7. The summed E-state index contributed by atoms with van der Waals surface area (Å²) in [7, 11) is 0. The molecule has 0 amide bonds. The highest BCUT2D eigenvalue weighted by Gasteiger charge is 2.41. The van der Waals surface area contributed by atoms with Crippen LogP contribution in [-0.4, -0.2) is 0 Å². The van der Waals surface area contributed by atoms with Crippen LogP contribution in [0.3, 0.4) is 0 Å². The van der Waals surface area contributed by atoms with Crippen molar-refractivity contribution in [2.24, 2.45) is 5.41 Å². The Kier molecular flexibility index (Phi) is 4.65. The highest BCUT2D eigenvalue weighted by Crippen LogP contribution is 2.50. The Morgan fingerprint density at radius 2 is 1.00 bits per heavy atom. The fourth-order valence-corrected chi connectivity index (χ4v) is 5.32. The van der Waals surface area contributed by atoms with E-state index in [1.165, 1.54) is 57.8 Å². The molecule has 0 nitrogen and oxygen atoms in total. The molecule has 24 heavy (non-hydrogen) atoms. The van der Waals surface area contributed by atoms with E-state index in [2.05, 4.69) is 53.7 Å². The molecule has 0 aromatic heterocycles. The minimum Gasteiger partial charge on any atom is -0.0579 e. The fourth-order valence-electron chi connectivity index (χ4n) is 5.32. The van der Waals surface area contributed by atoms with Gasteiger partial charge < -0.3 is 0 Å². The molecule has 0 atom stereocenters. The molecule has 1 spiro atoms. The van der Waals surface area contributed by atoms with Crippen molar-refractivity contribution in [3.63, 3.8) is 0 Å². The molecule has 0 radical (unpaired) electrons. The van der Waals surface area contributed by atoms with Crippen molar-refractivity contribution in [1.82, 2.24) is 0 Å². The first-order valence-corrected chi connectivity index (χ1v) is 10.3. The smallest absolute Gasteiger partial charge is 0.0129 e. The third-order valence-corrected chi connectivity index (χ3v) is 6.56. The first-order valence-electron chi connectivity index (χ1n) is 10.3. The van der Waals surface area contributed by atoms with Crippen LogP contribution in [0.4, 0.5) is 0 Å². The number of benzene rings is 1. The van der Waals surface area contributed by atoms with E-state index in [-0.39, 0.29) is 10.8 Å². The van der Waals surface area contributed by atoms with Gasteiger partial charge in [-0.05, 0) is 64.2 Å². The average Bonchev–Trinajstić information content (AvgIpc) is 2.79. The highest BCUT2D eigenvalue weighted by atomic mass is 14.5. The molecular weight excluding hydrogens is 288 g/mol. The molecule has 0 N–H and O–H groups in total. The van der Waals surface area contributed by atoms with E-state index < -0.39 is 0 Å². The molecule has 2 aliphatic carbocycles. The molecule has 2 aliphatic rings. The van der Waals surface area contributed by atoms with Gasteiger partial charge in [0.25, 0.3) is 0 Å². The van der Waals surface area contributed by atoms with E-state index in [0.717, 1.165) is 0 Å². The van der Waals surface area contributed by atoms with E-state index >= 15 is 0 Å². The summed E-state index contributed by atoms with van der Waals surface area (Å²) in [6, 6.07) is 4.92. The average molecular weight is 327 g/mol. The van der Waals surface area contributed by atoms with Gasteiger partial charge in [-0.1, -0.05) is 85.8 Å². The Morgan fingerprint density at radius 3 is 1.38 bits per heavy atom. The molecule has 1 aromatic rings. The van der Waals surface area contributed by atoms with Gasteiger partial charge in [-0.3, -0.25) is 0 Å². The zero-order chi connectivity index (χ0) is 17.6. The number of fused-ring (bicyclic) bond motifs is 1. The zero-order valence-corrected chi connectivity index (χ0v) is 17.0. The standard InChI is InChI=1S/C24H38/c1-22(2,3)20-12-13-21(23(4,5)6)19-17-24(16-18(19)20)14-10-8-7-9-11-15-24/h12-13H,7-11,14-17H2,1-6H3. The Bertz CT molecular complexity index is 539. The lowest BCUT2D eigenvalue weighted by Crippen LogP contribution is -2.23. The van der Waals surface area contributed by atoms with Gasteiger partial charge in [-0.25, -0.2) is 0 Å². The molecule has 3 rings (SSSR count). The normalized spacial score (nSPS) is 21.4. The molecule has 0 heteroatoms. The van der Waals surface area contributed by atoms with Gasteiger partial charge in [0.05, 0.1) is 0 Å². The maximum atomic E-state index is 2.46. The predicted molar refractivity (Wildman–Crippen MR) is 106 cm³/mol. The van der Waals surface area contributed by atoms with Crippen molar-refractivity contribution in [3.05, 3.63) is 34.4 Å². The van der Waals surface area contributed by atoms with Crippen molar-refractivity contribution in [2.75, 3.05) is 0 Å². The SMILES string of the molecule is CC(C)(C)c1ccc(C(C)(C)C)c2c1CC1(CCCCCCC1)C2. The number of hydrogen-bond donors (Lipinski definition) is 0. The van der Waals surface area contributed by atoms with Crippen LogP contribution in [-0.2, 0) is 23.7 Å². The molecule has 0 unspecified atom stereocenters. The van der Waals surface area contributed by atoms with E-state index in [0.29, 0.717) is 5.41 Å². The summed E-state index contributed by atoms with van der Waals surface area (Å²) in [5.41, 5.74) is 7.78. The van der Waals surface area contributed by atoms with Crippen LogP contribution in [0.25, 0.3) is 0 Å². The molecule has 134 valence electrons. The van der Waals surface area contributed by atoms with Gasteiger partial charge in [0, 0.05) is 0 Å². The summed E-state index contributed by atoms with van der Waals surface area (Å²) in [6.45, 7) is 14.3. The van der Waals surface area contributed by atoms with Crippen LogP contribution in [0.1, 0.15) is 109 Å². The van der Waals surface area contributed by atoms with Gasteiger partial charge in [-0.15, -0.1) is 0 Å². The van der Waals surface area contributed by atoms with Crippen molar-refractivity contribution in [2.45, 2.75) is 110 Å². The van der Waals surface area contributed by atoms with Crippen LogP contribution in [0.5, 0.6) is 0 Å². The maximum absolute atomic E-state index is 2.46. The van der Waals surface area contributed by atoms with Crippen molar-refractivity contribution in [1.29, 1.82) is 0 Å². The first-order chi connectivity index (χ1) is 11.1. The van der Waals surface area contributed by atoms with Crippen LogP contribution in [0.15, 0.2) is 12.1 Å². The molecular formula is C24H38. The summed E-state index contributed by atoms with van der Waals surface area (Å²) in [4.78, 5) is 0. The van der Waals surface area contributed by atoms with Crippen molar-refractivity contribution < 1.29 is 0 Å². The molecule has 1 fully saturated rings. The summed E-state index contributed by atoms with van der Waals surface area (Å²) in [6.07, 6.45) is 12.9. The lowest BCUT2D eigenvalue weighted by atomic mass is 9.73. The molecule has 1 saturated carbocycles. The Morgan fingerprint density at radius 1 is 0.625 bits per heavy atom. The van der Waals surface area contributed by atoms with Crippen LogP contribution in [0.2, 0.25) is 0 Å². The van der Waals surface area contributed by atoms with Gasteiger partial charge >= 0.3 is 0 Å². The predicted octanol–water partition coefficient (Wildman–Crippen LogP) is 7.11. The Labute approximate surface area is 150 Å². The van der Waals surface area contributed by atoms with Crippen LogP contribution >= 0.6 is 0 Å². The van der Waals surface area contributed by atoms with Crippen molar-refractivity contribution >= 4 is 0 Å². The van der Waals surface area contributed by atoms with E-state index in [4.69, 9.17) is 0 Å². The zero-order valence-electron chi connectivity index (χ0n) is 17.0. The molecule has 0 bridgehead atoms. The van der Waals surface area contributed by atoms with Gasteiger partial charge in [0.2, 0.25) is 0 Å². The summed E-state index contributed by atoms with van der Waals surface area (Å²) < 4.78 is 0. The third kappa shape index (κ3) is 3.44. The summed E-state index contributed by atoms with van der Waals surface area (Å²) in [5, 5.41) is 0. The highest BCUT2D eigenvalue weighted by molar-refractivity contribution is 5.50.